The highest BCUT2D eigenvalue weighted by atomic mass is 16.5. The van der Waals surface area contributed by atoms with Crippen molar-refractivity contribution in [3.63, 3.8) is 0 Å². The van der Waals surface area contributed by atoms with Crippen molar-refractivity contribution in [2.24, 2.45) is 5.73 Å². The third kappa shape index (κ3) is 3.15. The van der Waals surface area contributed by atoms with Crippen LogP contribution in [0.25, 0.3) is 0 Å². The van der Waals surface area contributed by atoms with E-state index in [1.54, 1.807) is 7.11 Å². The summed E-state index contributed by atoms with van der Waals surface area (Å²) < 4.78 is 10.5. The van der Waals surface area contributed by atoms with Gasteiger partial charge in [-0.25, -0.2) is 0 Å². The molecule has 0 aromatic heterocycles. The van der Waals surface area contributed by atoms with E-state index >= 15 is 0 Å². The Kier molecular flexibility index (Phi) is 5.14. The Labute approximate surface area is 97.5 Å². The molecule has 5 nitrogen and oxygen atoms in total. The molecule has 1 rings (SSSR count). The number of aliphatic hydroxyl groups is 1. The maximum atomic E-state index is 9.49. The van der Waals surface area contributed by atoms with Crippen molar-refractivity contribution in [2.75, 3.05) is 40.1 Å². The zero-order chi connectivity index (χ0) is 12.2. The van der Waals surface area contributed by atoms with E-state index < -0.39 is 0 Å². The van der Waals surface area contributed by atoms with Crippen molar-refractivity contribution in [1.82, 2.24) is 4.90 Å². The molecule has 0 aromatic rings. The molecule has 0 aromatic carbocycles. The summed E-state index contributed by atoms with van der Waals surface area (Å²) in [7, 11) is 1.62. The molecule has 1 aliphatic heterocycles. The van der Waals surface area contributed by atoms with Crippen LogP contribution in [-0.4, -0.2) is 67.7 Å². The summed E-state index contributed by atoms with van der Waals surface area (Å²) in [6, 6.07) is -0.244. The fourth-order valence-electron chi connectivity index (χ4n) is 2.25. The minimum Gasteiger partial charge on any atom is -0.395 e. The molecule has 0 saturated carbocycles. The maximum absolute atomic E-state index is 9.49. The third-order valence-corrected chi connectivity index (χ3v) is 3.15. The molecule has 1 fully saturated rings. The number of rotatable bonds is 5. The number of hydrogen-bond donors (Lipinski definition) is 2. The van der Waals surface area contributed by atoms with E-state index in [0.29, 0.717) is 19.8 Å². The molecule has 0 spiro atoms. The Hall–Kier alpha value is -0.200. The van der Waals surface area contributed by atoms with E-state index in [-0.39, 0.29) is 24.2 Å². The highest BCUT2D eigenvalue weighted by molar-refractivity contribution is 4.93. The van der Waals surface area contributed by atoms with Crippen LogP contribution in [0.15, 0.2) is 0 Å². The average Bonchev–Trinajstić information content (AvgIpc) is 2.21. The summed E-state index contributed by atoms with van der Waals surface area (Å²) in [6.45, 7) is 6.88. The first-order valence-corrected chi connectivity index (χ1v) is 5.73. The summed E-state index contributed by atoms with van der Waals surface area (Å²) in [6.07, 6.45) is 0. The largest absolute Gasteiger partial charge is 0.395 e. The van der Waals surface area contributed by atoms with Gasteiger partial charge in [-0.15, -0.1) is 0 Å². The number of nitrogens with zero attached hydrogens (tertiary/aromatic N) is 1. The number of ether oxygens (including phenoxy) is 2. The normalized spacial score (nSPS) is 25.3. The van der Waals surface area contributed by atoms with Crippen molar-refractivity contribution in [2.45, 2.75) is 31.5 Å². The van der Waals surface area contributed by atoms with E-state index in [1.165, 1.54) is 0 Å². The van der Waals surface area contributed by atoms with Gasteiger partial charge in [-0.1, -0.05) is 0 Å². The fourth-order valence-corrected chi connectivity index (χ4v) is 2.25. The molecule has 1 aliphatic rings. The van der Waals surface area contributed by atoms with Gasteiger partial charge >= 0.3 is 0 Å². The molecule has 96 valence electrons. The number of morpholine rings is 1. The third-order valence-electron chi connectivity index (χ3n) is 3.15. The van der Waals surface area contributed by atoms with E-state index in [9.17, 15) is 5.11 Å². The predicted octanol–water partition coefficient (Wildman–Crippen LogP) is -0.568. The van der Waals surface area contributed by atoms with Gasteiger partial charge in [0, 0.05) is 25.2 Å². The standard InChI is InChI=1S/C11H24N2O3/c1-11(2)8-16-5-4-13(11)10(6-14)9(12)7-15-3/h9-10,14H,4-8,12H2,1-3H3. The lowest BCUT2D eigenvalue weighted by molar-refractivity contribution is -0.0891. The van der Waals surface area contributed by atoms with Crippen molar-refractivity contribution >= 4 is 0 Å². The van der Waals surface area contributed by atoms with Crippen molar-refractivity contribution in [3.05, 3.63) is 0 Å². The number of methoxy groups -OCH3 is 1. The number of aliphatic hydroxyl groups excluding tert-OH is 1. The minimum absolute atomic E-state index is 0.0496. The Morgan fingerprint density at radius 2 is 2.25 bits per heavy atom. The van der Waals surface area contributed by atoms with Crippen LogP contribution in [0, 0.1) is 0 Å². The number of hydrogen-bond acceptors (Lipinski definition) is 5. The second-order valence-electron chi connectivity index (χ2n) is 4.93. The van der Waals surface area contributed by atoms with Crippen molar-refractivity contribution in [1.29, 1.82) is 0 Å². The maximum Gasteiger partial charge on any atom is 0.0645 e. The lowest BCUT2D eigenvalue weighted by Crippen LogP contribution is -2.63. The molecule has 16 heavy (non-hydrogen) atoms. The van der Waals surface area contributed by atoms with Crippen LogP contribution in [0.1, 0.15) is 13.8 Å². The minimum atomic E-state index is -0.174. The van der Waals surface area contributed by atoms with Crippen LogP contribution < -0.4 is 5.73 Å². The molecule has 1 saturated heterocycles. The van der Waals surface area contributed by atoms with Gasteiger partial charge in [0.25, 0.3) is 0 Å². The highest BCUT2D eigenvalue weighted by Gasteiger charge is 2.37. The fraction of sp³-hybridized carbons (Fsp3) is 1.00. The predicted molar refractivity (Wildman–Crippen MR) is 62.3 cm³/mol. The van der Waals surface area contributed by atoms with Gasteiger partial charge in [-0.05, 0) is 13.8 Å². The van der Waals surface area contributed by atoms with Crippen molar-refractivity contribution < 1.29 is 14.6 Å². The summed E-state index contributed by atoms with van der Waals surface area (Å²) in [5.74, 6) is 0. The molecule has 2 unspecified atom stereocenters. The summed E-state index contributed by atoms with van der Waals surface area (Å²) in [5, 5.41) is 9.49. The quantitative estimate of drug-likeness (QED) is 0.664. The molecule has 0 radical (unpaired) electrons. The van der Waals surface area contributed by atoms with Gasteiger partial charge in [-0.2, -0.15) is 0 Å². The zero-order valence-corrected chi connectivity index (χ0v) is 10.5. The molecule has 0 aliphatic carbocycles. The first-order valence-electron chi connectivity index (χ1n) is 5.73. The first-order chi connectivity index (χ1) is 7.53. The Morgan fingerprint density at radius 1 is 1.56 bits per heavy atom. The van der Waals surface area contributed by atoms with Gasteiger partial charge in [0.2, 0.25) is 0 Å². The average molecular weight is 232 g/mol. The summed E-state index contributed by atoms with van der Waals surface area (Å²) in [4.78, 5) is 2.22. The van der Waals surface area contributed by atoms with E-state index in [4.69, 9.17) is 15.2 Å². The summed E-state index contributed by atoms with van der Waals surface area (Å²) >= 11 is 0. The smallest absolute Gasteiger partial charge is 0.0645 e. The number of nitrogens with two attached hydrogens (primary N) is 1. The molecular weight excluding hydrogens is 208 g/mol. The second-order valence-corrected chi connectivity index (χ2v) is 4.93. The SMILES string of the molecule is COCC(N)C(CO)N1CCOCC1(C)C. The van der Waals surface area contributed by atoms with Gasteiger partial charge in [0.15, 0.2) is 0 Å². The van der Waals surface area contributed by atoms with E-state index in [2.05, 4.69) is 18.7 Å². The highest BCUT2D eigenvalue weighted by Crippen LogP contribution is 2.22. The monoisotopic (exact) mass is 232 g/mol. The molecule has 0 amide bonds. The zero-order valence-electron chi connectivity index (χ0n) is 10.5. The Balaban J connectivity index is 2.69. The van der Waals surface area contributed by atoms with Crippen LogP contribution in [0.4, 0.5) is 0 Å². The van der Waals surface area contributed by atoms with Crippen LogP contribution >= 0.6 is 0 Å². The van der Waals surface area contributed by atoms with E-state index in [0.717, 1.165) is 6.54 Å². The molecule has 1 heterocycles. The van der Waals surface area contributed by atoms with E-state index in [1.807, 2.05) is 0 Å². The molecule has 2 atom stereocenters. The Morgan fingerprint density at radius 3 is 2.75 bits per heavy atom. The van der Waals surface area contributed by atoms with Crippen molar-refractivity contribution in [3.8, 4) is 0 Å². The lowest BCUT2D eigenvalue weighted by atomic mass is 9.97. The van der Waals surface area contributed by atoms with Crippen LogP contribution in [0.5, 0.6) is 0 Å². The molecular formula is C11H24N2O3. The first kappa shape index (κ1) is 13.9. The van der Waals surface area contributed by atoms with Gasteiger partial charge in [0.05, 0.1) is 32.5 Å². The van der Waals surface area contributed by atoms with Gasteiger partial charge < -0.3 is 20.3 Å². The molecule has 3 N–H and O–H groups in total. The van der Waals surface area contributed by atoms with Gasteiger partial charge in [0.1, 0.15) is 0 Å². The Bertz CT molecular complexity index is 211. The lowest BCUT2D eigenvalue weighted by Gasteiger charge is -2.47. The van der Waals surface area contributed by atoms with Crippen LogP contribution in [-0.2, 0) is 9.47 Å². The van der Waals surface area contributed by atoms with Crippen LogP contribution in [0.3, 0.4) is 0 Å². The molecule has 0 bridgehead atoms. The molecule has 5 heteroatoms. The second kappa shape index (κ2) is 5.93. The van der Waals surface area contributed by atoms with Gasteiger partial charge in [-0.3, -0.25) is 4.90 Å². The topological polar surface area (TPSA) is 68.0 Å². The van der Waals surface area contributed by atoms with Crippen LogP contribution in [0.2, 0.25) is 0 Å². The summed E-state index contributed by atoms with van der Waals surface area (Å²) in [5.41, 5.74) is 5.94.